The number of hydrogen-bond donors (Lipinski definition) is 1. The number of rotatable bonds is 8. The molecule has 0 fully saturated rings. The molecule has 4 heteroatoms. The Hall–Kier alpha value is -1.39. The van der Waals surface area contributed by atoms with Crippen molar-refractivity contribution in [1.82, 2.24) is 10.3 Å². The van der Waals surface area contributed by atoms with Gasteiger partial charge in [-0.2, -0.15) is 0 Å². The predicted molar refractivity (Wildman–Crippen MR) is 89.0 cm³/mol. The largest absolute Gasteiger partial charge is 0.494 e. The number of aryl methyl sites for hydroxylation is 1. The van der Waals surface area contributed by atoms with Crippen molar-refractivity contribution in [3.05, 3.63) is 45.9 Å². The molecule has 0 saturated heterocycles. The molecule has 1 aromatic carbocycles. The Balaban J connectivity index is 1.89. The van der Waals surface area contributed by atoms with Crippen molar-refractivity contribution < 1.29 is 4.74 Å². The molecule has 1 heterocycles. The minimum Gasteiger partial charge on any atom is -0.494 e. The fourth-order valence-electron chi connectivity index (χ4n) is 2.01. The van der Waals surface area contributed by atoms with Gasteiger partial charge in [0.05, 0.1) is 12.6 Å². The zero-order chi connectivity index (χ0) is 15.1. The van der Waals surface area contributed by atoms with E-state index in [-0.39, 0.29) is 6.04 Å². The van der Waals surface area contributed by atoms with E-state index in [0.717, 1.165) is 36.8 Å². The lowest BCUT2D eigenvalue weighted by atomic mass is 10.2. The first-order chi connectivity index (χ1) is 10.2. The molecule has 0 bridgehead atoms. The summed E-state index contributed by atoms with van der Waals surface area (Å²) >= 11 is 1.79. The van der Waals surface area contributed by atoms with Crippen molar-refractivity contribution in [3.8, 4) is 5.75 Å². The molecule has 0 radical (unpaired) electrons. The molecule has 1 N–H and O–H groups in total. The third kappa shape index (κ3) is 4.83. The molecule has 0 aliphatic rings. The van der Waals surface area contributed by atoms with Gasteiger partial charge >= 0.3 is 0 Å². The first-order valence-electron chi connectivity index (χ1n) is 7.62. The highest BCUT2D eigenvalue weighted by atomic mass is 32.1. The second kappa shape index (κ2) is 8.15. The Morgan fingerprint density at radius 2 is 2.19 bits per heavy atom. The second-order valence-electron chi connectivity index (χ2n) is 5.12. The highest BCUT2D eigenvalue weighted by Crippen LogP contribution is 2.21. The van der Waals surface area contributed by atoms with E-state index >= 15 is 0 Å². The molecule has 21 heavy (non-hydrogen) atoms. The minimum absolute atomic E-state index is 0.274. The fourth-order valence-corrected chi connectivity index (χ4v) is 2.89. The first-order valence-corrected chi connectivity index (χ1v) is 8.44. The predicted octanol–water partition coefficient (Wildman–Crippen LogP) is 4.35. The Kier molecular flexibility index (Phi) is 6.21. The number of benzene rings is 1. The van der Waals surface area contributed by atoms with Gasteiger partial charge in [0.15, 0.2) is 0 Å². The quantitative estimate of drug-likeness (QED) is 0.787. The van der Waals surface area contributed by atoms with Gasteiger partial charge in [-0.25, -0.2) is 4.98 Å². The van der Waals surface area contributed by atoms with Crippen LogP contribution >= 0.6 is 11.3 Å². The van der Waals surface area contributed by atoms with Crippen molar-refractivity contribution in [1.29, 1.82) is 0 Å². The maximum Gasteiger partial charge on any atom is 0.119 e. The lowest BCUT2D eigenvalue weighted by Gasteiger charge is -2.12. The van der Waals surface area contributed by atoms with Crippen molar-refractivity contribution in [2.24, 2.45) is 0 Å². The van der Waals surface area contributed by atoms with Crippen molar-refractivity contribution in [2.75, 3.05) is 6.61 Å². The number of nitrogens with one attached hydrogen (secondary N) is 1. The number of aromatic nitrogens is 1. The molecule has 114 valence electrons. The average molecular weight is 304 g/mol. The summed E-state index contributed by atoms with van der Waals surface area (Å²) < 4.78 is 5.67. The highest BCUT2D eigenvalue weighted by Gasteiger charge is 2.09. The van der Waals surface area contributed by atoms with Crippen LogP contribution in [0.25, 0.3) is 0 Å². The third-order valence-electron chi connectivity index (χ3n) is 3.27. The molecule has 0 saturated carbocycles. The van der Waals surface area contributed by atoms with Gasteiger partial charge in [-0.05, 0) is 37.5 Å². The summed E-state index contributed by atoms with van der Waals surface area (Å²) in [6.07, 6.45) is 4.07. The molecule has 2 aromatic rings. The van der Waals surface area contributed by atoms with Crippen molar-refractivity contribution in [3.63, 3.8) is 0 Å². The van der Waals surface area contributed by atoms with Crippen LogP contribution in [-0.4, -0.2) is 11.6 Å². The number of thiazole rings is 1. The Labute approximate surface area is 131 Å². The van der Waals surface area contributed by atoms with Gasteiger partial charge in [0.1, 0.15) is 10.8 Å². The first kappa shape index (κ1) is 16.0. The van der Waals surface area contributed by atoms with E-state index in [1.54, 1.807) is 11.3 Å². The van der Waals surface area contributed by atoms with Gasteiger partial charge in [0, 0.05) is 17.6 Å². The van der Waals surface area contributed by atoms with Crippen molar-refractivity contribution >= 4 is 11.3 Å². The van der Waals surface area contributed by atoms with Crippen LogP contribution in [0.5, 0.6) is 5.75 Å². The zero-order valence-corrected chi connectivity index (χ0v) is 13.9. The molecule has 1 unspecified atom stereocenters. The highest BCUT2D eigenvalue weighted by molar-refractivity contribution is 7.11. The van der Waals surface area contributed by atoms with Gasteiger partial charge in [-0.1, -0.05) is 26.0 Å². The summed E-state index contributed by atoms with van der Waals surface area (Å²) in [5.74, 6) is 0.950. The van der Waals surface area contributed by atoms with Crippen LogP contribution in [0.4, 0.5) is 0 Å². The van der Waals surface area contributed by atoms with Gasteiger partial charge < -0.3 is 10.1 Å². The molecule has 1 aromatic heterocycles. The monoisotopic (exact) mass is 304 g/mol. The van der Waals surface area contributed by atoms with Crippen LogP contribution in [0.1, 0.15) is 48.7 Å². The van der Waals surface area contributed by atoms with E-state index in [2.05, 4.69) is 43.2 Å². The minimum atomic E-state index is 0.274. The van der Waals surface area contributed by atoms with E-state index in [0.29, 0.717) is 0 Å². The lowest BCUT2D eigenvalue weighted by molar-refractivity contribution is 0.317. The molecule has 2 rings (SSSR count). The van der Waals surface area contributed by atoms with E-state index in [1.807, 2.05) is 18.3 Å². The summed E-state index contributed by atoms with van der Waals surface area (Å²) in [6.45, 7) is 8.04. The van der Waals surface area contributed by atoms with Crippen LogP contribution < -0.4 is 10.1 Å². The summed E-state index contributed by atoms with van der Waals surface area (Å²) in [5.41, 5.74) is 1.24. The molecule has 1 atom stereocenters. The molecule has 0 spiro atoms. The van der Waals surface area contributed by atoms with E-state index in [9.17, 15) is 0 Å². The standard InChI is InChI=1S/C17H24N2OS/c1-4-9-20-15-8-6-7-14(10-15)11-18-13(3)17-19-12-16(5-2)21-17/h6-8,10,12-13,18H,4-5,9,11H2,1-3H3. The van der Waals surface area contributed by atoms with Gasteiger partial charge in [0.2, 0.25) is 0 Å². The van der Waals surface area contributed by atoms with Crippen LogP contribution in [0, 0.1) is 0 Å². The van der Waals surface area contributed by atoms with Crippen molar-refractivity contribution in [2.45, 2.75) is 46.2 Å². The maximum atomic E-state index is 5.67. The number of nitrogens with zero attached hydrogens (tertiary/aromatic N) is 1. The van der Waals surface area contributed by atoms with Gasteiger partial charge in [0.25, 0.3) is 0 Å². The molecule has 0 amide bonds. The smallest absolute Gasteiger partial charge is 0.119 e. The fraction of sp³-hybridized carbons (Fsp3) is 0.471. The van der Waals surface area contributed by atoms with Crippen LogP contribution in [0.15, 0.2) is 30.5 Å². The Morgan fingerprint density at radius 1 is 1.33 bits per heavy atom. The summed E-state index contributed by atoms with van der Waals surface area (Å²) in [4.78, 5) is 5.83. The Bertz CT molecular complexity index is 553. The molecular weight excluding hydrogens is 280 g/mol. The van der Waals surface area contributed by atoms with Crippen LogP contribution in [0.3, 0.4) is 0 Å². The van der Waals surface area contributed by atoms with E-state index in [4.69, 9.17) is 4.74 Å². The van der Waals surface area contributed by atoms with Crippen LogP contribution in [-0.2, 0) is 13.0 Å². The lowest BCUT2D eigenvalue weighted by Crippen LogP contribution is -2.17. The second-order valence-corrected chi connectivity index (χ2v) is 6.26. The number of ether oxygens (including phenoxy) is 1. The SMILES string of the molecule is CCCOc1cccc(CNC(C)c2ncc(CC)s2)c1. The van der Waals surface area contributed by atoms with Gasteiger partial charge in [-0.3, -0.25) is 0 Å². The zero-order valence-electron chi connectivity index (χ0n) is 13.1. The average Bonchev–Trinajstić information content (AvgIpc) is 3.00. The van der Waals surface area contributed by atoms with E-state index < -0.39 is 0 Å². The summed E-state index contributed by atoms with van der Waals surface area (Å²) in [6, 6.07) is 8.56. The molecule has 3 nitrogen and oxygen atoms in total. The maximum absolute atomic E-state index is 5.67. The van der Waals surface area contributed by atoms with Gasteiger partial charge in [-0.15, -0.1) is 11.3 Å². The summed E-state index contributed by atoms with van der Waals surface area (Å²) in [5, 5.41) is 4.69. The molecule has 0 aliphatic heterocycles. The molecular formula is C17H24N2OS. The Morgan fingerprint density at radius 3 is 2.90 bits per heavy atom. The normalized spacial score (nSPS) is 12.3. The van der Waals surface area contributed by atoms with Crippen LogP contribution in [0.2, 0.25) is 0 Å². The summed E-state index contributed by atoms with van der Waals surface area (Å²) in [7, 11) is 0. The number of hydrogen-bond acceptors (Lipinski definition) is 4. The topological polar surface area (TPSA) is 34.1 Å². The van der Waals surface area contributed by atoms with E-state index in [1.165, 1.54) is 10.4 Å². The third-order valence-corrected chi connectivity index (χ3v) is 4.60. The molecule has 0 aliphatic carbocycles.